The summed E-state index contributed by atoms with van der Waals surface area (Å²) in [6.45, 7) is 4.90. The van der Waals surface area contributed by atoms with Crippen LogP contribution in [0.1, 0.15) is 26.7 Å². The van der Waals surface area contributed by atoms with E-state index in [0.717, 1.165) is 6.42 Å². The minimum absolute atomic E-state index is 0.0446. The van der Waals surface area contributed by atoms with Crippen LogP contribution in [-0.2, 0) is 0 Å². The predicted octanol–water partition coefficient (Wildman–Crippen LogP) is 5.52. The molecule has 0 spiro atoms. The van der Waals surface area contributed by atoms with Gasteiger partial charge in [0.25, 0.3) is 0 Å². The molecule has 5 aliphatic rings. The van der Waals surface area contributed by atoms with Crippen LogP contribution in [0.4, 0.5) is 0 Å². The Morgan fingerprint density at radius 3 is 2.14 bits per heavy atom. The van der Waals surface area contributed by atoms with Crippen molar-refractivity contribution < 1.29 is 0 Å². The van der Waals surface area contributed by atoms with Crippen LogP contribution in [0.15, 0.2) is 94.2 Å². The minimum atomic E-state index is 0.0446. The Bertz CT molecular complexity index is 844. The summed E-state index contributed by atoms with van der Waals surface area (Å²) in [7, 11) is 0. The van der Waals surface area contributed by atoms with Gasteiger partial charge >= 0.3 is 0 Å². The molecule has 0 fully saturated rings. The average Bonchev–Trinajstić information content (AvgIpc) is 2.54. The molecule has 0 amide bonds. The van der Waals surface area contributed by atoms with Gasteiger partial charge in [-0.25, -0.2) is 0 Å². The van der Waals surface area contributed by atoms with Gasteiger partial charge in [0.05, 0.1) is 0 Å². The fourth-order valence-electron chi connectivity index (χ4n) is 5.17. The van der Waals surface area contributed by atoms with E-state index >= 15 is 0 Å². The van der Waals surface area contributed by atoms with E-state index in [1.165, 1.54) is 28.7 Å². The number of hydrogen-bond donors (Lipinski definition) is 0. The van der Waals surface area contributed by atoms with Crippen molar-refractivity contribution in [3.8, 4) is 0 Å². The molecule has 0 bridgehead atoms. The first kappa shape index (κ1) is 12.5. The van der Waals surface area contributed by atoms with E-state index in [0.29, 0.717) is 0 Å². The van der Waals surface area contributed by atoms with Gasteiger partial charge in [-0.1, -0.05) is 74.6 Å². The monoisotopic (exact) mass is 284 g/mol. The van der Waals surface area contributed by atoms with Gasteiger partial charge in [0.15, 0.2) is 0 Å². The third-order valence-electron chi connectivity index (χ3n) is 6.54. The Morgan fingerprint density at radius 2 is 1.41 bits per heavy atom. The molecule has 0 saturated heterocycles. The molecule has 0 nitrogen and oxygen atoms in total. The standard InChI is InChI=1S/C22H20/c1-21-15-7-5-11-19(21)17-9-3-4-10-18(17)20-12-6-8-16(14-13-15)22(20,21)2/h3,5-9,11-14H,4,10H2,1-2H3/t21-,22-/m1/s1. The van der Waals surface area contributed by atoms with E-state index < -0.39 is 0 Å². The van der Waals surface area contributed by atoms with Crippen LogP contribution >= 0.6 is 0 Å². The molecule has 0 aliphatic heterocycles. The summed E-state index contributed by atoms with van der Waals surface area (Å²) in [6, 6.07) is 0. The van der Waals surface area contributed by atoms with Gasteiger partial charge in [-0.3, -0.25) is 0 Å². The molecule has 0 aromatic heterocycles. The van der Waals surface area contributed by atoms with E-state index in [1.807, 2.05) is 0 Å². The van der Waals surface area contributed by atoms with E-state index in [2.05, 4.69) is 74.6 Å². The maximum absolute atomic E-state index is 2.45. The molecule has 5 rings (SSSR count). The second kappa shape index (κ2) is 3.81. The van der Waals surface area contributed by atoms with Gasteiger partial charge in [0.2, 0.25) is 0 Å². The highest BCUT2D eigenvalue weighted by atomic mass is 14.6. The lowest BCUT2D eigenvalue weighted by molar-refractivity contribution is 0.241. The lowest BCUT2D eigenvalue weighted by Gasteiger charge is -2.58. The first-order valence-corrected chi connectivity index (χ1v) is 8.28. The lowest BCUT2D eigenvalue weighted by Crippen LogP contribution is -2.49. The lowest BCUT2D eigenvalue weighted by atomic mass is 9.44. The average molecular weight is 284 g/mol. The SMILES string of the molecule is C[C@@]12C3=CC=C4C=CC=C(C5=C(C=CCC5)C1=CC=C3)[C@@]42C. The second-order valence-electron chi connectivity index (χ2n) is 7.21. The van der Waals surface area contributed by atoms with Gasteiger partial charge in [-0.15, -0.1) is 0 Å². The van der Waals surface area contributed by atoms with Crippen LogP contribution < -0.4 is 0 Å². The summed E-state index contributed by atoms with van der Waals surface area (Å²) in [5.41, 5.74) is 9.11. The van der Waals surface area contributed by atoms with Crippen LogP contribution in [0, 0.1) is 10.8 Å². The number of hydrogen-bond acceptors (Lipinski definition) is 0. The van der Waals surface area contributed by atoms with Crippen LogP contribution in [-0.4, -0.2) is 0 Å². The number of rotatable bonds is 0. The fourth-order valence-corrected chi connectivity index (χ4v) is 5.17. The molecule has 0 heterocycles. The van der Waals surface area contributed by atoms with Crippen molar-refractivity contribution in [2.75, 3.05) is 0 Å². The van der Waals surface area contributed by atoms with E-state index in [-0.39, 0.29) is 10.8 Å². The normalized spacial score (nSPS) is 37.0. The summed E-state index contributed by atoms with van der Waals surface area (Å²) in [4.78, 5) is 0. The molecule has 0 heteroatoms. The van der Waals surface area contributed by atoms with Gasteiger partial charge < -0.3 is 0 Å². The van der Waals surface area contributed by atoms with E-state index in [4.69, 9.17) is 0 Å². The van der Waals surface area contributed by atoms with E-state index in [9.17, 15) is 0 Å². The smallest absolute Gasteiger partial charge is 0.0315 e. The van der Waals surface area contributed by atoms with Crippen LogP contribution in [0.2, 0.25) is 0 Å². The largest absolute Gasteiger partial charge is 0.0836 e. The zero-order valence-corrected chi connectivity index (χ0v) is 13.2. The maximum Gasteiger partial charge on any atom is 0.0315 e. The molecule has 0 radical (unpaired) electrons. The van der Waals surface area contributed by atoms with Crippen molar-refractivity contribution in [3.05, 3.63) is 94.2 Å². The molecular formula is C22H20. The molecule has 108 valence electrons. The fraction of sp³-hybridized carbons (Fsp3) is 0.273. The van der Waals surface area contributed by atoms with Crippen molar-refractivity contribution in [2.45, 2.75) is 26.7 Å². The van der Waals surface area contributed by atoms with Crippen molar-refractivity contribution >= 4 is 0 Å². The Kier molecular flexibility index (Phi) is 2.16. The molecule has 0 unspecified atom stereocenters. The first-order valence-electron chi connectivity index (χ1n) is 8.28. The quantitative estimate of drug-likeness (QED) is 0.549. The summed E-state index contributed by atoms with van der Waals surface area (Å²) in [5.74, 6) is 0. The highest BCUT2D eigenvalue weighted by Gasteiger charge is 2.58. The molecule has 0 N–H and O–H groups in total. The summed E-state index contributed by atoms with van der Waals surface area (Å²) < 4.78 is 0. The Balaban J connectivity index is 1.96. The second-order valence-corrected chi connectivity index (χ2v) is 7.21. The summed E-state index contributed by atoms with van der Waals surface area (Å²) in [6.07, 6.45) is 25.5. The van der Waals surface area contributed by atoms with Crippen LogP contribution in [0.5, 0.6) is 0 Å². The Morgan fingerprint density at radius 1 is 0.773 bits per heavy atom. The molecule has 0 aromatic carbocycles. The predicted molar refractivity (Wildman–Crippen MR) is 92.2 cm³/mol. The number of fused-ring (bicyclic) bond motifs is 2. The molecule has 2 atom stereocenters. The molecule has 22 heavy (non-hydrogen) atoms. The van der Waals surface area contributed by atoms with Gasteiger partial charge in [-0.05, 0) is 46.3 Å². The molecule has 5 aliphatic carbocycles. The van der Waals surface area contributed by atoms with Crippen molar-refractivity contribution in [3.63, 3.8) is 0 Å². The van der Waals surface area contributed by atoms with E-state index in [1.54, 1.807) is 11.1 Å². The summed E-state index contributed by atoms with van der Waals surface area (Å²) in [5, 5.41) is 0. The third-order valence-corrected chi connectivity index (χ3v) is 6.54. The van der Waals surface area contributed by atoms with Crippen LogP contribution in [0.25, 0.3) is 0 Å². The zero-order valence-electron chi connectivity index (χ0n) is 13.2. The van der Waals surface area contributed by atoms with Crippen molar-refractivity contribution in [2.24, 2.45) is 10.8 Å². The van der Waals surface area contributed by atoms with Crippen LogP contribution in [0.3, 0.4) is 0 Å². The topological polar surface area (TPSA) is 0 Å². The van der Waals surface area contributed by atoms with Crippen molar-refractivity contribution in [1.82, 2.24) is 0 Å². The minimum Gasteiger partial charge on any atom is -0.0836 e. The maximum atomic E-state index is 2.45. The Hall–Kier alpha value is -2.08. The third kappa shape index (κ3) is 1.15. The molecule has 0 saturated carbocycles. The molecular weight excluding hydrogens is 264 g/mol. The highest BCUT2D eigenvalue weighted by Crippen LogP contribution is 2.68. The van der Waals surface area contributed by atoms with Gasteiger partial charge in [-0.2, -0.15) is 0 Å². The van der Waals surface area contributed by atoms with Crippen molar-refractivity contribution in [1.29, 1.82) is 0 Å². The highest BCUT2D eigenvalue weighted by molar-refractivity contribution is 5.73. The first-order chi connectivity index (χ1) is 10.7. The molecule has 0 aromatic rings. The van der Waals surface area contributed by atoms with Gasteiger partial charge in [0.1, 0.15) is 0 Å². The Labute approximate surface area is 132 Å². The van der Waals surface area contributed by atoms with Gasteiger partial charge in [0, 0.05) is 10.8 Å². The number of allylic oxidation sites excluding steroid dienone is 16. The summed E-state index contributed by atoms with van der Waals surface area (Å²) >= 11 is 0. The zero-order chi connectivity index (χ0) is 14.9.